The Balaban J connectivity index is 3.15. The number of hydrogen-bond acceptors (Lipinski definition) is 2. The van der Waals surface area contributed by atoms with Gasteiger partial charge in [-0.1, -0.05) is 26.5 Å². The van der Waals surface area contributed by atoms with Gasteiger partial charge in [0.25, 0.3) is 0 Å². The summed E-state index contributed by atoms with van der Waals surface area (Å²) in [4.78, 5) is 0. The van der Waals surface area contributed by atoms with Crippen molar-refractivity contribution in [1.82, 2.24) is 0 Å². The summed E-state index contributed by atoms with van der Waals surface area (Å²) < 4.78 is 3.96. The summed E-state index contributed by atoms with van der Waals surface area (Å²) in [6.45, 7) is 7.70. The Bertz CT molecular complexity index is 86.5. The second kappa shape index (κ2) is 4.91. The molecular weight excluding hydrogens is 118 g/mol. The lowest BCUT2D eigenvalue weighted by atomic mass is 10.6. The average Bonchev–Trinajstić information content (AvgIpc) is 1.66. The van der Waals surface area contributed by atoms with Crippen LogP contribution in [-0.4, -0.2) is 11.5 Å². The van der Waals surface area contributed by atoms with Crippen LogP contribution in [0.3, 0.4) is 0 Å². The quantitative estimate of drug-likeness (QED) is 0.420. The first-order valence-corrected chi connectivity index (χ1v) is 3.41. The molecule has 0 N–H and O–H groups in total. The third kappa shape index (κ3) is 5.76. The van der Waals surface area contributed by atoms with Crippen molar-refractivity contribution in [2.75, 3.05) is 0 Å². The van der Waals surface area contributed by atoms with E-state index in [0.717, 1.165) is 0 Å². The maximum absolute atomic E-state index is 3.96. The molecule has 0 aliphatic carbocycles. The molecule has 0 aromatic rings. The molecule has 0 atom stereocenters. The van der Waals surface area contributed by atoms with Crippen LogP contribution in [0, 0.1) is 0 Å². The zero-order valence-corrected chi connectivity index (χ0v) is 6.11. The van der Waals surface area contributed by atoms with Crippen molar-refractivity contribution in [3.8, 4) is 0 Å². The van der Waals surface area contributed by atoms with Gasteiger partial charge in [-0.25, -0.2) is 4.40 Å². The van der Waals surface area contributed by atoms with Crippen LogP contribution in [0.4, 0.5) is 0 Å². The zero-order chi connectivity index (χ0) is 6.41. The summed E-state index contributed by atoms with van der Waals surface area (Å²) in [6, 6.07) is 0. The largest absolute Gasteiger partial charge is 0.224 e. The molecule has 0 fully saturated rings. The molecule has 0 radical (unpaired) electrons. The lowest BCUT2D eigenvalue weighted by molar-refractivity contribution is 1.11. The van der Waals surface area contributed by atoms with Crippen molar-refractivity contribution < 1.29 is 0 Å². The highest BCUT2D eigenvalue weighted by molar-refractivity contribution is 7.98. The monoisotopic (exact) mass is 129 g/mol. The normalized spacial score (nSPS) is 10.9. The van der Waals surface area contributed by atoms with Crippen LogP contribution in [-0.2, 0) is 0 Å². The van der Waals surface area contributed by atoms with Crippen LogP contribution in [0.5, 0.6) is 0 Å². The molecule has 0 amide bonds. The second-order valence-corrected chi connectivity index (χ2v) is 3.01. The Morgan fingerprint density at radius 3 is 2.62 bits per heavy atom. The molecule has 0 heterocycles. The van der Waals surface area contributed by atoms with Gasteiger partial charge in [0.1, 0.15) is 0 Å². The minimum absolute atomic E-state index is 0.575. The predicted octanol–water partition coefficient (Wildman–Crippen LogP) is 2.30. The Morgan fingerprint density at radius 1 is 1.62 bits per heavy atom. The first-order valence-electron chi connectivity index (χ1n) is 2.57. The Kier molecular flexibility index (Phi) is 4.76. The molecule has 2 heteroatoms. The van der Waals surface area contributed by atoms with Gasteiger partial charge in [-0.05, 0) is 11.9 Å². The first kappa shape index (κ1) is 7.76. The molecule has 0 unspecified atom stereocenters. The molecule has 0 aliphatic rings. The van der Waals surface area contributed by atoms with Crippen LogP contribution in [0.2, 0.25) is 0 Å². The highest BCUT2D eigenvalue weighted by atomic mass is 32.2. The van der Waals surface area contributed by atoms with Gasteiger partial charge in [0.2, 0.25) is 0 Å². The predicted molar refractivity (Wildman–Crippen MR) is 41.4 cm³/mol. The fourth-order valence-electron chi connectivity index (χ4n) is 0.200. The summed E-state index contributed by atoms with van der Waals surface area (Å²) in [5, 5.41) is 0.575. The molecule has 1 nitrogen and oxygen atoms in total. The highest BCUT2D eigenvalue weighted by Crippen LogP contribution is 2.08. The Morgan fingerprint density at radius 2 is 2.25 bits per heavy atom. The molecule has 0 aromatic heterocycles. The van der Waals surface area contributed by atoms with Crippen molar-refractivity contribution in [3.05, 3.63) is 12.7 Å². The van der Waals surface area contributed by atoms with Gasteiger partial charge in [0, 0.05) is 11.5 Å². The second-order valence-electron chi connectivity index (χ2n) is 1.64. The topological polar surface area (TPSA) is 12.4 Å². The molecule has 0 saturated heterocycles. The molecule has 0 aromatic carbocycles. The van der Waals surface area contributed by atoms with E-state index in [1.807, 2.05) is 0 Å². The summed E-state index contributed by atoms with van der Waals surface area (Å²) in [5.74, 6) is 0. The third-order valence-corrected chi connectivity index (χ3v) is 1.10. The molecule has 0 spiro atoms. The van der Waals surface area contributed by atoms with E-state index < -0.39 is 0 Å². The summed E-state index contributed by atoms with van der Waals surface area (Å²) in [5.41, 5.74) is 0. The number of hydrogen-bond donors (Lipinski definition) is 0. The van der Waals surface area contributed by atoms with E-state index in [4.69, 9.17) is 0 Å². The van der Waals surface area contributed by atoms with Crippen LogP contribution >= 0.6 is 11.9 Å². The maximum atomic E-state index is 3.96. The fraction of sp³-hybridized carbons (Fsp3) is 0.500. The van der Waals surface area contributed by atoms with Crippen molar-refractivity contribution in [2.24, 2.45) is 4.40 Å². The summed E-state index contributed by atoms with van der Waals surface area (Å²) >= 11 is 1.55. The third-order valence-electron chi connectivity index (χ3n) is 0.438. The van der Waals surface area contributed by atoms with Gasteiger partial charge in [-0.15, -0.1) is 0 Å². The van der Waals surface area contributed by atoms with Crippen LogP contribution < -0.4 is 0 Å². The van der Waals surface area contributed by atoms with E-state index in [1.54, 1.807) is 24.2 Å². The molecule has 0 aliphatic heterocycles. The number of rotatable bonds is 3. The van der Waals surface area contributed by atoms with E-state index in [-0.39, 0.29) is 0 Å². The van der Waals surface area contributed by atoms with Crippen LogP contribution in [0.15, 0.2) is 17.1 Å². The van der Waals surface area contributed by atoms with Crippen LogP contribution in [0.25, 0.3) is 0 Å². The number of allylic oxidation sites excluding steroid dienone is 1. The fourth-order valence-corrected chi connectivity index (χ4v) is 0.600. The van der Waals surface area contributed by atoms with E-state index >= 15 is 0 Å². The lowest BCUT2D eigenvalue weighted by Crippen LogP contribution is -1.80. The molecule has 0 rings (SSSR count). The smallest absolute Gasteiger partial charge is 0.0345 e. The summed E-state index contributed by atoms with van der Waals surface area (Å²) in [6.07, 6.45) is 3.38. The highest BCUT2D eigenvalue weighted by Gasteiger charge is 1.86. The van der Waals surface area contributed by atoms with E-state index in [2.05, 4.69) is 24.8 Å². The zero-order valence-electron chi connectivity index (χ0n) is 5.29. The van der Waals surface area contributed by atoms with Gasteiger partial charge in [0.15, 0.2) is 0 Å². The Labute approximate surface area is 55.0 Å². The summed E-state index contributed by atoms with van der Waals surface area (Å²) in [7, 11) is 0. The van der Waals surface area contributed by atoms with Gasteiger partial charge >= 0.3 is 0 Å². The minimum Gasteiger partial charge on any atom is -0.224 e. The maximum Gasteiger partial charge on any atom is 0.0345 e. The van der Waals surface area contributed by atoms with Gasteiger partial charge in [0.05, 0.1) is 0 Å². The standard InChI is InChI=1S/C6H11NS/c1-4-5-7-8-6(2)3/h4-6H,1H2,2-3H3/b7-5-. The minimum atomic E-state index is 0.575. The molecule has 0 bridgehead atoms. The van der Waals surface area contributed by atoms with Crippen molar-refractivity contribution in [3.63, 3.8) is 0 Å². The SMILES string of the molecule is C=C/C=N\SC(C)C. The molecule has 8 heavy (non-hydrogen) atoms. The molecule has 0 saturated carbocycles. The van der Waals surface area contributed by atoms with E-state index in [0.29, 0.717) is 5.25 Å². The van der Waals surface area contributed by atoms with Gasteiger partial charge in [-0.2, -0.15) is 0 Å². The Hall–Kier alpha value is -0.240. The van der Waals surface area contributed by atoms with Crippen molar-refractivity contribution >= 4 is 18.2 Å². The first-order chi connectivity index (χ1) is 3.77. The number of nitrogens with zero attached hydrogens (tertiary/aromatic N) is 1. The lowest BCUT2D eigenvalue weighted by Gasteiger charge is -1.92. The van der Waals surface area contributed by atoms with Crippen molar-refractivity contribution in [2.45, 2.75) is 19.1 Å². The van der Waals surface area contributed by atoms with Crippen molar-refractivity contribution in [1.29, 1.82) is 0 Å². The van der Waals surface area contributed by atoms with E-state index in [9.17, 15) is 0 Å². The van der Waals surface area contributed by atoms with E-state index in [1.165, 1.54) is 0 Å². The molecular formula is C6H11NS. The average molecular weight is 129 g/mol. The van der Waals surface area contributed by atoms with Gasteiger partial charge in [-0.3, -0.25) is 0 Å². The van der Waals surface area contributed by atoms with Crippen LogP contribution in [0.1, 0.15) is 13.8 Å². The molecule has 46 valence electrons. The van der Waals surface area contributed by atoms with Gasteiger partial charge < -0.3 is 0 Å².